The number of allylic oxidation sites excluding steroid dienone is 8. The van der Waals surface area contributed by atoms with Crippen LogP contribution in [0.25, 0.3) is 5.57 Å². The van der Waals surface area contributed by atoms with Crippen molar-refractivity contribution in [1.82, 2.24) is 4.98 Å². The highest BCUT2D eigenvalue weighted by Crippen LogP contribution is 2.30. The summed E-state index contributed by atoms with van der Waals surface area (Å²) in [4.78, 5) is 14.7. The van der Waals surface area contributed by atoms with Gasteiger partial charge in [-0.2, -0.15) is 0 Å². The Labute approximate surface area is 136 Å². The molecule has 1 heterocycles. The van der Waals surface area contributed by atoms with Gasteiger partial charge in [-0.1, -0.05) is 37.3 Å². The molecular formula is C18H22N2O3. The van der Waals surface area contributed by atoms with Crippen LogP contribution in [-0.2, 0) is 0 Å². The average molecular weight is 314 g/mol. The van der Waals surface area contributed by atoms with E-state index >= 15 is 0 Å². The molecule has 0 unspecified atom stereocenters. The third-order valence-corrected chi connectivity index (χ3v) is 2.95. The minimum absolute atomic E-state index is 0.100. The molecule has 0 saturated carbocycles. The van der Waals surface area contributed by atoms with Crippen LogP contribution >= 0.6 is 0 Å². The number of aromatic nitrogens is 1. The molecule has 0 aromatic carbocycles. The van der Waals surface area contributed by atoms with Crippen LogP contribution in [0.1, 0.15) is 39.8 Å². The van der Waals surface area contributed by atoms with Crippen LogP contribution in [0.4, 0.5) is 5.69 Å². The second-order valence-electron chi connectivity index (χ2n) is 4.76. The molecule has 0 aliphatic heterocycles. The van der Waals surface area contributed by atoms with E-state index in [0.29, 0.717) is 17.2 Å². The number of hydrogen-bond acceptors (Lipinski definition) is 4. The highest BCUT2D eigenvalue weighted by atomic mass is 16.6. The molecule has 0 amide bonds. The molecule has 0 aliphatic rings. The highest BCUT2D eigenvalue weighted by molar-refractivity contribution is 5.75. The van der Waals surface area contributed by atoms with Crippen molar-refractivity contribution in [1.29, 1.82) is 0 Å². The average Bonchev–Trinajstić information content (AvgIpc) is 2.53. The second-order valence-corrected chi connectivity index (χ2v) is 4.76. The molecule has 0 fully saturated rings. The third kappa shape index (κ3) is 5.54. The van der Waals surface area contributed by atoms with Crippen LogP contribution in [0, 0.1) is 10.1 Å². The number of rotatable bonds is 7. The van der Waals surface area contributed by atoms with Gasteiger partial charge in [-0.15, -0.1) is 0 Å². The van der Waals surface area contributed by atoms with E-state index in [1.54, 1.807) is 6.92 Å². The summed E-state index contributed by atoms with van der Waals surface area (Å²) in [7, 11) is 0. The van der Waals surface area contributed by atoms with E-state index in [4.69, 9.17) is 4.74 Å². The number of nitro groups is 1. The van der Waals surface area contributed by atoms with Crippen LogP contribution in [0.15, 0.2) is 54.5 Å². The molecule has 0 N–H and O–H groups in total. The van der Waals surface area contributed by atoms with Gasteiger partial charge < -0.3 is 4.74 Å². The monoisotopic (exact) mass is 314 g/mol. The Hall–Kier alpha value is -2.69. The first-order chi connectivity index (χ1) is 11.0. The molecule has 1 aromatic rings. The van der Waals surface area contributed by atoms with Gasteiger partial charge in [-0.25, -0.2) is 4.98 Å². The lowest BCUT2D eigenvalue weighted by Gasteiger charge is -2.11. The van der Waals surface area contributed by atoms with Gasteiger partial charge in [-0.05, 0) is 38.8 Å². The van der Waals surface area contributed by atoms with Crippen LogP contribution < -0.4 is 4.74 Å². The lowest BCUT2D eigenvalue weighted by molar-refractivity contribution is -0.385. The van der Waals surface area contributed by atoms with Crippen molar-refractivity contribution in [2.24, 2.45) is 0 Å². The van der Waals surface area contributed by atoms with Gasteiger partial charge in [0, 0.05) is 0 Å². The second kappa shape index (κ2) is 9.35. The molecule has 5 nitrogen and oxygen atoms in total. The Balaban J connectivity index is 3.29. The zero-order chi connectivity index (χ0) is 17.2. The molecule has 0 atom stereocenters. The number of hydrogen-bond donors (Lipinski definition) is 0. The van der Waals surface area contributed by atoms with E-state index in [1.807, 2.05) is 57.2 Å². The topological polar surface area (TPSA) is 65.3 Å². The van der Waals surface area contributed by atoms with Gasteiger partial charge in [0.1, 0.15) is 17.6 Å². The number of nitrogens with zero attached hydrogens (tertiary/aromatic N) is 2. The van der Waals surface area contributed by atoms with Crippen molar-refractivity contribution in [3.8, 4) is 5.75 Å². The van der Waals surface area contributed by atoms with Crippen LogP contribution in [-0.4, -0.2) is 9.91 Å². The summed E-state index contributed by atoms with van der Waals surface area (Å²) >= 11 is 0. The van der Waals surface area contributed by atoms with Crippen molar-refractivity contribution >= 4 is 11.3 Å². The normalized spacial score (nSPS) is 13.0. The molecule has 122 valence electrons. The van der Waals surface area contributed by atoms with E-state index in [9.17, 15) is 10.1 Å². The van der Waals surface area contributed by atoms with E-state index < -0.39 is 4.92 Å². The zero-order valence-electron chi connectivity index (χ0n) is 13.9. The predicted molar refractivity (Wildman–Crippen MR) is 93.2 cm³/mol. The predicted octanol–water partition coefficient (Wildman–Crippen LogP) is 5.22. The quantitative estimate of drug-likeness (QED) is 0.299. The summed E-state index contributed by atoms with van der Waals surface area (Å²) in [6.07, 6.45) is 13.5. The summed E-state index contributed by atoms with van der Waals surface area (Å²) in [6.45, 7) is 7.62. The molecule has 0 aliphatic carbocycles. The van der Waals surface area contributed by atoms with Crippen molar-refractivity contribution in [3.05, 3.63) is 70.3 Å². The summed E-state index contributed by atoms with van der Waals surface area (Å²) in [5, 5.41) is 11.0. The summed E-state index contributed by atoms with van der Waals surface area (Å²) in [5.41, 5.74) is 1.31. The molecule has 1 aromatic heterocycles. The van der Waals surface area contributed by atoms with Gasteiger partial charge in [0.15, 0.2) is 5.75 Å². The molecule has 0 spiro atoms. The SMILES string of the molecule is C/C=C\C(=C/C)c1ncc([N+](=O)[O-])cc1O/C(C)=C/C=C\CC. The van der Waals surface area contributed by atoms with Crippen LogP contribution in [0.3, 0.4) is 0 Å². The molecule has 0 radical (unpaired) electrons. The minimum Gasteiger partial charge on any atom is -0.459 e. The van der Waals surface area contributed by atoms with E-state index in [-0.39, 0.29) is 5.69 Å². The summed E-state index contributed by atoms with van der Waals surface area (Å²) < 4.78 is 5.78. The first-order valence-electron chi connectivity index (χ1n) is 7.48. The molecule has 1 rings (SSSR count). The minimum atomic E-state index is -0.481. The fraction of sp³-hybridized carbons (Fsp3) is 0.278. The van der Waals surface area contributed by atoms with Crippen molar-refractivity contribution in [2.75, 3.05) is 0 Å². The smallest absolute Gasteiger partial charge is 0.291 e. The molecule has 23 heavy (non-hydrogen) atoms. The van der Waals surface area contributed by atoms with Gasteiger partial charge in [-0.3, -0.25) is 10.1 Å². The van der Waals surface area contributed by atoms with Crippen molar-refractivity contribution in [3.63, 3.8) is 0 Å². The van der Waals surface area contributed by atoms with Crippen LogP contribution in [0.2, 0.25) is 0 Å². The molecule has 5 heteroatoms. The maximum absolute atomic E-state index is 11.0. The zero-order valence-corrected chi connectivity index (χ0v) is 13.9. The first kappa shape index (κ1) is 18.4. The van der Waals surface area contributed by atoms with Crippen molar-refractivity contribution in [2.45, 2.75) is 34.1 Å². The van der Waals surface area contributed by atoms with Gasteiger partial charge in [0.2, 0.25) is 0 Å². The summed E-state index contributed by atoms with van der Waals surface area (Å²) in [5.74, 6) is 0.998. The summed E-state index contributed by atoms with van der Waals surface area (Å²) in [6, 6.07) is 1.40. The van der Waals surface area contributed by atoms with Gasteiger partial charge in [0.05, 0.1) is 11.0 Å². The fourth-order valence-electron chi connectivity index (χ4n) is 1.87. The third-order valence-electron chi connectivity index (χ3n) is 2.95. The lowest BCUT2D eigenvalue weighted by Crippen LogP contribution is -2.00. The Morgan fingerprint density at radius 3 is 2.74 bits per heavy atom. The maximum atomic E-state index is 11.0. The number of pyridine rings is 1. The van der Waals surface area contributed by atoms with Crippen LogP contribution in [0.5, 0.6) is 5.75 Å². The van der Waals surface area contributed by atoms with Crippen molar-refractivity contribution < 1.29 is 9.66 Å². The lowest BCUT2D eigenvalue weighted by atomic mass is 10.1. The fourth-order valence-corrected chi connectivity index (χ4v) is 1.87. The Morgan fingerprint density at radius 2 is 2.17 bits per heavy atom. The van der Waals surface area contributed by atoms with E-state index in [0.717, 1.165) is 12.0 Å². The first-order valence-corrected chi connectivity index (χ1v) is 7.48. The van der Waals surface area contributed by atoms with E-state index in [1.165, 1.54) is 12.3 Å². The van der Waals surface area contributed by atoms with E-state index in [2.05, 4.69) is 4.98 Å². The Morgan fingerprint density at radius 1 is 1.43 bits per heavy atom. The molecule has 0 bridgehead atoms. The molecular weight excluding hydrogens is 292 g/mol. The van der Waals surface area contributed by atoms with Gasteiger partial charge >= 0.3 is 0 Å². The van der Waals surface area contributed by atoms with Gasteiger partial charge in [0.25, 0.3) is 5.69 Å². The molecule has 0 saturated heterocycles. The standard InChI is InChI=1S/C18H22N2O3/c1-5-8-9-11-14(4)23-17-12-16(20(21)22)13-19-18(17)15(7-3)10-6-2/h6-13H,5H2,1-4H3/b9-8-,10-6-,14-11+,15-7+. The Kier molecular flexibility index (Phi) is 7.47. The number of ether oxygens (including phenoxy) is 1. The highest BCUT2D eigenvalue weighted by Gasteiger charge is 2.15. The maximum Gasteiger partial charge on any atom is 0.291 e. The largest absolute Gasteiger partial charge is 0.459 e. The Bertz CT molecular complexity index is 671.